The van der Waals surface area contributed by atoms with Crippen LogP contribution < -0.4 is 0 Å². The Morgan fingerprint density at radius 3 is 2.65 bits per heavy atom. The lowest BCUT2D eigenvalue weighted by molar-refractivity contribution is 0.0999. The summed E-state index contributed by atoms with van der Waals surface area (Å²) >= 11 is 0. The fourth-order valence-electron chi connectivity index (χ4n) is 4.65. The lowest BCUT2D eigenvalue weighted by atomic mass is 9.77. The molecule has 2 aromatic rings. The molecule has 6 heteroatoms. The van der Waals surface area contributed by atoms with Crippen molar-refractivity contribution in [1.29, 1.82) is 0 Å². The molecule has 1 aromatic carbocycles. The number of nitrogens with zero attached hydrogens (tertiary/aromatic N) is 2. The smallest absolute Gasteiger partial charge is 0.243 e. The van der Waals surface area contributed by atoms with Crippen LogP contribution in [0, 0.1) is 11.8 Å². The Morgan fingerprint density at radius 2 is 1.92 bits per heavy atom. The largest absolute Gasteiger partial charge is 0.468 e. The highest BCUT2D eigenvalue weighted by Gasteiger charge is 2.45. The average Bonchev–Trinajstić information content (AvgIpc) is 3.31. The molecule has 1 aromatic heterocycles. The minimum absolute atomic E-state index is 0.391. The molecule has 0 spiro atoms. The van der Waals surface area contributed by atoms with Gasteiger partial charge in [-0.3, -0.25) is 4.90 Å². The standard InChI is InChI=1S/C20H26N2O3S/c1-21(14-17-8-6-12-25-17)20-11-5-7-16-13-22(15-19(16)20)26(23,24)18-9-3-2-4-10-18/h2-4,6,8-10,12,16,19-20H,5,7,11,13-15H2,1H3/t16-,19-,20+/m0/s1. The van der Waals surface area contributed by atoms with Crippen LogP contribution in [-0.2, 0) is 16.6 Å². The second-order valence-corrected chi connectivity index (χ2v) is 9.49. The predicted molar refractivity (Wildman–Crippen MR) is 100.0 cm³/mol. The zero-order valence-electron chi connectivity index (χ0n) is 15.1. The molecule has 26 heavy (non-hydrogen) atoms. The van der Waals surface area contributed by atoms with E-state index < -0.39 is 10.0 Å². The Bertz CT molecular complexity index is 820. The second-order valence-electron chi connectivity index (χ2n) is 7.55. The fourth-order valence-corrected chi connectivity index (χ4v) is 6.21. The van der Waals surface area contributed by atoms with Crippen LogP contribution in [0.5, 0.6) is 0 Å². The fraction of sp³-hybridized carbons (Fsp3) is 0.500. The van der Waals surface area contributed by atoms with Gasteiger partial charge in [0.1, 0.15) is 5.76 Å². The van der Waals surface area contributed by atoms with E-state index in [1.165, 1.54) is 0 Å². The molecule has 140 valence electrons. The number of hydrogen-bond acceptors (Lipinski definition) is 4. The number of sulfonamides is 1. The first-order valence-corrected chi connectivity index (χ1v) is 10.8. The molecule has 2 aliphatic rings. The molecule has 5 nitrogen and oxygen atoms in total. The summed E-state index contributed by atoms with van der Waals surface area (Å²) in [7, 11) is -1.27. The van der Waals surface area contributed by atoms with Gasteiger partial charge in [-0.25, -0.2) is 8.42 Å². The second kappa shape index (κ2) is 7.18. The van der Waals surface area contributed by atoms with Gasteiger partial charge in [0.15, 0.2) is 0 Å². The number of furan rings is 1. The maximum absolute atomic E-state index is 13.0. The zero-order valence-corrected chi connectivity index (χ0v) is 15.9. The Balaban J connectivity index is 1.51. The molecule has 0 unspecified atom stereocenters. The quantitative estimate of drug-likeness (QED) is 0.806. The van der Waals surface area contributed by atoms with Crippen molar-refractivity contribution in [1.82, 2.24) is 9.21 Å². The van der Waals surface area contributed by atoms with Gasteiger partial charge in [-0.05, 0) is 56.0 Å². The van der Waals surface area contributed by atoms with Crippen molar-refractivity contribution in [3.8, 4) is 0 Å². The van der Waals surface area contributed by atoms with Crippen molar-refractivity contribution in [3.63, 3.8) is 0 Å². The monoisotopic (exact) mass is 374 g/mol. The number of fused-ring (bicyclic) bond motifs is 1. The third kappa shape index (κ3) is 3.33. The van der Waals surface area contributed by atoms with E-state index in [-0.39, 0.29) is 0 Å². The van der Waals surface area contributed by atoms with Gasteiger partial charge in [0.25, 0.3) is 0 Å². The van der Waals surface area contributed by atoms with E-state index in [2.05, 4.69) is 11.9 Å². The van der Waals surface area contributed by atoms with Crippen LogP contribution in [0.25, 0.3) is 0 Å². The number of benzene rings is 1. The Labute approximate surface area is 155 Å². The minimum atomic E-state index is -3.40. The van der Waals surface area contributed by atoms with Crippen molar-refractivity contribution in [3.05, 3.63) is 54.5 Å². The van der Waals surface area contributed by atoms with Crippen LogP contribution in [0.15, 0.2) is 58.0 Å². The lowest BCUT2D eigenvalue weighted by Crippen LogP contribution is -2.43. The molecule has 1 saturated carbocycles. The molecule has 2 fully saturated rings. The maximum Gasteiger partial charge on any atom is 0.243 e. The van der Waals surface area contributed by atoms with Gasteiger partial charge in [-0.2, -0.15) is 4.31 Å². The van der Waals surface area contributed by atoms with E-state index in [0.717, 1.165) is 31.6 Å². The van der Waals surface area contributed by atoms with Crippen molar-refractivity contribution in [2.75, 3.05) is 20.1 Å². The summed E-state index contributed by atoms with van der Waals surface area (Å²) in [5, 5.41) is 0. The van der Waals surface area contributed by atoms with E-state index in [1.807, 2.05) is 18.2 Å². The van der Waals surface area contributed by atoms with Crippen LogP contribution in [0.4, 0.5) is 0 Å². The summed E-state index contributed by atoms with van der Waals surface area (Å²) in [6.07, 6.45) is 5.11. The summed E-state index contributed by atoms with van der Waals surface area (Å²) < 4.78 is 33.2. The predicted octanol–water partition coefficient (Wildman–Crippen LogP) is 3.20. The first-order chi connectivity index (χ1) is 12.6. The highest BCUT2D eigenvalue weighted by molar-refractivity contribution is 7.89. The molecule has 2 heterocycles. The van der Waals surface area contributed by atoms with E-state index in [9.17, 15) is 8.42 Å². The SMILES string of the molecule is CN(Cc1ccco1)[C@@H]1CCC[C@H]2CN(S(=O)(=O)c3ccccc3)C[C@@H]21. The van der Waals surface area contributed by atoms with E-state index in [4.69, 9.17) is 4.42 Å². The van der Waals surface area contributed by atoms with Gasteiger partial charge in [0.2, 0.25) is 10.0 Å². The normalized spacial score (nSPS) is 26.9. The molecule has 3 atom stereocenters. The van der Waals surface area contributed by atoms with Crippen LogP contribution >= 0.6 is 0 Å². The third-order valence-corrected chi connectivity index (χ3v) is 7.81. The molecular weight excluding hydrogens is 348 g/mol. The highest BCUT2D eigenvalue weighted by Crippen LogP contribution is 2.40. The molecule has 0 bridgehead atoms. The van der Waals surface area contributed by atoms with Gasteiger partial charge in [0, 0.05) is 19.1 Å². The molecule has 1 aliphatic carbocycles. The summed E-state index contributed by atoms with van der Waals surface area (Å²) in [4.78, 5) is 2.74. The summed E-state index contributed by atoms with van der Waals surface area (Å²) in [6, 6.07) is 13.1. The van der Waals surface area contributed by atoms with E-state index in [0.29, 0.717) is 35.9 Å². The Hall–Kier alpha value is -1.63. The molecule has 1 saturated heterocycles. The highest BCUT2D eigenvalue weighted by atomic mass is 32.2. The molecular formula is C20H26N2O3S. The van der Waals surface area contributed by atoms with E-state index in [1.54, 1.807) is 34.8 Å². The van der Waals surface area contributed by atoms with E-state index >= 15 is 0 Å². The first-order valence-electron chi connectivity index (χ1n) is 9.33. The maximum atomic E-state index is 13.0. The van der Waals surface area contributed by atoms with Crippen molar-refractivity contribution in [2.24, 2.45) is 11.8 Å². The van der Waals surface area contributed by atoms with Crippen LogP contribution in [0.2, 0.25) is 0 Å². The van der Waals surface area contributed by atoms with Crippen molar-refractivity contribution < 1.29 is 12.8 Å². The first kappa shape index (κ1) is 17.8. The summed E-state index contributed by atoms with van der Waals surface area (Å²) in [5.74, 6) is 1.80. The summed E-state index contributed by atoms with van der Waals surface area (Å²) in [5.41, 5.74) is 0. The van der Waals surface area contributed by atoms with Crippen LogP contribution in [0.3, 0.4) is 0 Å². The molecule has 0 radical (unpaired) electrons. The summed E-state index contributed by atoms with van der Waals surface area (Å²) in [6.45, 7) is 2.04. The van der Waals surface area contributed by atoms with Gasteiger partial charge in [0.05, 0.1) is 17.7 Å². The molecule has 4 rings (SSSR count). The van der Waals surface area contributed by atoms with Crippen LogP contribution in [0.1, 0.15) is 25.0 Å². The van der Waals surface area contributed by atoms with Gasteiger partial charge >= 0.3 is 0 Å². The molecule has 0 amide bonds. The third-order valence-electron chi connectivity index (χ3n) is 5.96. The van der Waals surface area contributed by atoms with Crippen molar-refractivity contribution in [2.45, 2.75) is 36.7 Å². The Morgan fingerprint density at radius 1 is 1.12 bits per heavy atom. The molecule has 0 N–H and O–H groups in total. The molecule has 1 aliphatic heterocycles. The minimum Gasteiger partial charge on any atom is -0.468 e. The van der Waals surface area contributed by atoms with Gasteiger partial charge < -0.3 is 4.42 Å². The number of rotatable bonds is 5. The van der Waals surface area contributed by atoms with Crippen LogP contribution in [-0.4, -0.2) is 43.8 Å². The number of hydrogen-bond donors (Lipinski definition) is 0. The Kier molecular flexibility index (Phi) is 4.90. The van der Waals surface area contributed by atoms with Crippen molar-refractivity contribution >= 4 is 10.0 Å². The average molecular weight is 375 g/mol. The van der Waals surface area contributed by atoms with Gasteiger partial charge in [-0.15, -0.1) is 0 Å². The topological polar surface area (TPSA) is 53.8 Å². The van der Waals surface area contributed by atoms with Gasteiger partial charge in [-0.1, -0.05) is 24.6 Å². The lowest BCUT2D eigenvalue weighted by Gasteiger charge is -2.38. The zero-order chi connectivity index (χ0) is 18.1.